The van der Waals surface area contributed by atoms with E-state index in [1.54, 1.807) is 4.90 Å². The van der Waals surface area contributed by atoms with E-state index in [0.717, 1.165) is 10.0 Å². The van der Waals surface area contributed by atoms with Crippen LogP contribution in [0.2, 0.25) is 0 Å². The summed E-state index contributed by atoms with van der Waals surface area (Å²) >= 11 is 9.01. The maximum atomic E-state index is 11.6. The molecule has 0 bridgehead atoms. The maximum absolute atomic E-state index is 11.6. The van der Waals surface area contributed by atoms with E-state index in [2.05, 4.69) is 15.9 Å². The summed E-state index contributed by atoms with van der Waals surface area (Å²) in [6, 6.07) is 7.74. The third-order valence-corrected chi connectivity index (χ3v) is 3.37. The van der Waals surface area contributed by atoms with Gasteiger partial charge in [-0.3, -0.25) is 4.79 Å². The first kappa shape index (κ1) is 14.5. The largest absolute Gasteiger partial charge is 0.396 e. The first-order valence-corrected chi connectivity index (χ1v) is 6.69. The van der Waals surface area contributed by atoms with Crippen molar-refractivity contribution in [2.24, 2.45) is 0 Å². The normalized spacial score (nSPS) is 10.3. The molecule has 0 saturated carbocycles. The number of nitrogens with zero attached hydrogens (tertiary/aromatic N) is 1. The summed E-state index contributed by atoms with van der Waals surface area (Å²) in [5.41, 5.74) is 1.03. The van der Waals surface area contributed by atoms with Gasteiger partial charge in [0.15, 0.2) is 0 Å². The summed E-state index contributed by atoms with van der Waals surface area (Å²) in [4.78, 5) is 13.3. The summed E-state index contributed by atoms with van der Waals surface area (Å²) in [7, 11) is 0. The van der Waals surface area contributed by atoms with Gasteiger partial charge in [-0.1, -0.05) is 34.1 Å². The summed E-state index contributed by atoms with van der Waals surface area (Å²) in [6.07, 6.45) is 0.563. The van der Waals surface area contributed by atoms with Crippen molar-refractivity contribution in [1.82, 2.24) is 4.90 Å². The minimum Gasteiger partial charge on any atom is -0.396 e. The zero-order chi connectivity index (χ0) is 12.7. The number of benzene rings is 1. The SMILES string of the molecule is O=C(CCl)N(CCCO)Cc1ccccc1Br. The summed E-state index contributed by atoms with van der Waals surface area (Å²) < 4.78 is 0.969. The fraction of sp³-hybridized carbons (Fsp3) is 0.417. The third-order valence-electron chi connectivity index (χ3n) is 2.37. The van der Waals surface area contributed by atoms with Crippen LogP contribution >= 0.6 is 27.5 Å². The minimum atomic E-state index is -0.115. The van der Waals surface area contributed by atoms with Crippen LogP contribution in [0.4, 0.5) is 0 Å². The van der Waals surface area contributed by atoms with E-state index in [-0.39, 0.29) is 18.4 Å². The van der Waals surface area contributed by atoms with Gasteiger partial charge in [-0.2, -0.15) is 0 Å². The van der Waals surface area contributed by atoms with Crippen molar-refractivity contribution in [3.05, 3.63) is 34.3 Å². The van der Waals surface area contributed by atoms with Crippen LogP contribution in [-0.4, -0.2) is 34.9 Å². The lowest BCUT2D eigenvalue weighted by atomic mass is 10.2. The Morgan fingerprint density at radius 2 is 2.12 bits per heavy atom. The highest BCUT2D eigenvalue weighted by Gasteiger charge is 2.13. The summed E-state index contributed by atoms with van der Waals surface area (Å²) in [6.45, 7) is 1.10. The number of carbonyl (C=O) groups excluding carboxylic acids is 1. The Bertz CT molecular complexity index is 373. The molecule has 1 aromatic rings. The van der Waals surface area contributed by atoms with Crippen LogP contribution in [-0.2, 0) is 11.3 Å². The molecule has 0 fully saturated rings. The number of aliphatic hydroxyl groups is 1. The van der Waals surface area contributed by atoms with E-state index in [9.17, 15) is 4.79 Å². The average molecular weight is 321 g/mol. The molecular formula is C12H15BrClNO2. The monoisotopic (exact) mass is 319 g/mol. The van der Waals surface area contributed by atoms with Crippen molar-refractivity contribution in [3.8, 4) is 0 Å². The number of halogens is 2. The quantitative estimate of drug-likeness (QED) is 0.818. The molecule has 0 aromatic heterocycles. The summed E-state index contributed by atoms with van der Waals surface area (Å²) in [5.74, 6) is -0.147. The summed E-state index contributed by atoms with van der Waals surface area (Å²) in [5, 5.41) is 8.81. The highest BCUT2D eigenvalue weighted by Crippen LogP contribution is 2.18. The lowest BCUT2D eigenvalue weighted by molar-refractivity contribution is -0.129. The van der Waals surface area contributed by atoms with Crippen molar-refractivity contribution in [2.45, 2.75) is 13.0 Å². The molecule has 1 N–H and O–H groups in total. The van der Waals surface area contributed by atoms with Crippen molar-refractivity contribution < 1.29 is 9.90 Å². The highest BCUT2D eigenvalue weighted by molar-refractivity contribution is 9.10. The first-order chi connectivity index (χ1) is 8.19. The number of amides is 1. The number of alkyl halides is 1. The van der Waals surface area contributed by atoms with Crippen molar-refractivity contribution in [2.75, 3.05) is 19.0 Å². The second-order valence-electron chi connectivity index (χ2n) is 3.62. The minimum absolute atomic E-state index is 0.0319. The number of aliphatic hydroxyl groups excluding tert-OH is 1. The molecule has 0 saturated heterocycles. The molecule has 17 heavy (non-hydrogen) atoms. The van der Waals surface area contributed by atoms with Crippen LogP contribution < -0.4 is 0 Å². The number of hydrogen-bond donors (Lipinski definition) is 1. The Morgan fingerprint density at radius 1 is 1.41 bits per heavy atom. The van der Waals surface area contributed by atoms with Gasteiger partial charge >= 0.3 is 0 Å². The van der Waals surface area contributed by atoms with E-state index in [1.807, 2.05) is 24.3 Å². The third kappa shape index (κ3) is 4.66. The van der Waals surface area contributed by atoms with E-state index in [1.165, 1.54) is 0 Å². The van der Waals surface area contributed by atoms with E-state index >= 15 is 0 Å². The van der Waals surface area contributed by atoms with Crippen LogP contribution in [0.1, 0.15) is 12.0 Å². The average Bonchev–Trinajstić information content (AvgIpc) is 2.35. The van der Waals surface area contributed by atoms with Gasteiger partial charge in [0.1, 0.15) is 5.88 Å². The van der Waals surface area contributed by atoms with Gasteiger partial charge in [0.2, 0.25) is 5.91 Å². The first-order valence-electron chi connectivity index (χ1n) is 5.37. The Hall–Kier alpha value is -0.580. The van der Waals surface area contributed by atoms with E-state index in [0.29, 0.717) is 19.5 Å². The van der Waals surface area contributed by atoms with Crippen LogP contribution in [0.15, 0.2) is 28.7 Å². The molecule has 0 aliphatic heterocycles. The van der Waals surface area contributed by atoms with Gasteiger partial charge < -0.3 is 10.0 Å². The molecular weight excluding hydrogens is 305 g/mol. The molecule has 0 spiro atoms. The van der Waals surface area contributed by atoms with Gasteiger partial charge in [-0.25, -0.2) is 0 Å². The molecule has 3 nitrogen and oxygen atoms in total. The molecule has 5 heteroatoms. The van der Waals surface area contributed by atoms with Crippen LogP contribution in [0.25, 0.3) is 0 Å². The fourth-order valence-electron chi connectivity index (χ4n) is 1.47. The fourth-order valence-corrected chi connectivity index (χ4v) is 2.05. The molecule has 0 radical (unpaired) electrons. The van der Waals surface area contributed by atoms with Gasteiger partial charge in [-0.05, 0) is 18.1 Å². The smallest absolute Gasteiger partial charge is 0.237 e. The number of hydrogen-bond acceptors (Lipinski definition) is 2. The van der Waals surface area contributed by atoms with Gasteiger partial charge in [-0.15, -0.1) is 11.6 Å². The molecule has 94 valence electrons. The second-order valence-corrected chi connectivity index (χ2v) is 4.74. The molecule has 0 aliphatic rings. The van der Waals surface area contributed by atoms with E-state index < -0.39 is 0 Å². The number of carbonyl (C=O) groups is 1. The lowest BCUT2D eigenvalue weighted by Gasteiger charge is -2.22. The predicted octanol–water partition coefficient (Wildman–Crippen LogP) is 2.40. The van der Waals surface area contributed by atoms with Gasteiger partial charge in [0, 0.05) is 24.2 Å². The lowest BCUT2D eigenvalue weighted by Crippen LogP contribution is -2.33. The molecule has 1 rings (SSSR count). The van der Waals surface area contributed by atoms with Gasteiger partial charge in [0.25, 0.3) is 0 Å². The van der Waals surface area contributed by atoms with Crippen LogP contribution in [0.5, 0.6) is 0 Å². The van der Waals surface area contributed by atoms with E-state index in [4.69, 9.17) is 16.7 Å². The van der Waals surface area contributed by atoms with Crippen LogP contribution in [0, 0.1) is 0 Å². The van der Waals surface area contributed by atoms with Crippen LogP contribution in [0.3, 0.4) is 0 Å². The van der Waals surface area contributed by atoms with Crippen molar-refractivity contribution in [1.29, 1.82) is 0 Å². The maximum Gasteiger partial charge on any atom is 0.237 e. The highest BCUT2D eigenvalue weighted by atomic mass is 79.9. The molecule has 0 unspecified atom stereocenters. The Labute approximate surface area is 115 Å². The topological polar surface area (TPSA) is 40.5 Å². The second kappa shape index (κ2) is 7.69. The standard InChI is InChI=1S/C12H15BrClNO2/c13-11-5-2-1-4-10(11)9-15(6-3-7-16)12(17)8-14/h1-2,4-5,16H,3,6-9H2. The zero-order valence-electron chi connectivity index (χ0n) is 9.40. The van der Waals surface area contributed by atoms with Gasteiger partial charge in [0.05, 0.1) is 0 Å². The molecule has 0 aliphatic carbocycles. The number of rotatable bonds is 6. The Kier molecular flexibility index (Phi) is 6.55. The molecule has 0 heterocycles. The molecule has 1 amide bonds. The molecule has 1 aromatic carbocycles. The molecule has 0 atom stereocenters. The Balaban J connectivity index is 2.72. The van der Waals surface area contributed by atoms with Crippen molar-refractivity contribution in [3.63, 3.8) is 0 Å². The Morgan fingerprint density at radius 3 is 2.71 bits per heavy atom. The zero-order valence-corrected chi connectivity index (χ0v) is 11.7. The predicted molar refractivity (Wildman–Crippen MR) is 72.0 cm³/mol. The van der Waals surface area contributed by atoms with Crippen molar-refractivity contribution >= 4 is 33.4 Å².